The number of hydrogen-bond acceptors (Lipinski definition) is 4. The van der Waals surface area contributed by atoms with Gasteiger partial charge in [-0.1, -0.05) is 0 Å². The van der Waals surface area contributed by atoms with E-state index in [2.05, 4.69) is 0 Å². The molecule has 0 saturated carbocycles. The number of aryl methyl sites for hydroxylation is 1. The second kappa shape index (κ2) is 5.67. The maximum absolute atomic E-state index is 12.2. The van der Waals surface area contributed by atoms with E-state index in [-0.39, 0.29) is 16.5 Å². The molecule has 1 unspecified atom stereocenters. The Kier molecular flexibility index (Phi) is 4.70. The summed E-state index contributed by atoms with van der Waals surface area (Å²) < 4.78 is 24.4. The zero-order valence-electron chi connectivity index (χ0n) is 10.1. The van der Waals surface area contributed by atoms with Crippen LogP contribution < -0.4 is 0 Å². The largest absolute Gasteiger partial charge is 0.269 e. The van der Waals surface area contributed by atoms with Gasteiger partial charge in [0.25, 0.3) is 5.69 Å². The lowest BCUT2D eigenvalue weighted by molar-refractivity contribution is -0.385. The second-order valence-electron chi connectivity index (χ2n) is 4.04. The van der Waals surface area contributed by atoms with Crippen LogP contribution in [0.15, 0.2) is 23.1 Å². The van der Waals surface area contributed by atoms with Gasteiger partial charge < -0.3 is 0 Å². The van der Waals surface area contributed by atoms with Crippen LogP contribution in [0.4, 0.5) is 5.69 Å². The number of benzene rings is 1. The Balaban J connectivity index is 3.22. The average molecular weight is 292 g/mol. The van der Waals surface area contributed by atoms with Crippen molar-refractivity contribution in [3.8, 4) is 0 Å². The number of nitro groups is 1. The first-order valence-corrected chi connectivity index (χ1v) is 7.43. The minimum Gasteiger partial charge on any atom is -0.258 e. The fourth-order valence-corrected chi connectivity index (χ4v) is 3.68. The molecule has 100 valence electrons. The first-order valence-electron chi connectivity index (χ1n) is 5.35. The molecular weight excluding hydrogens is 278 g/mol. The number of halogens is 1. The number of nitro benzene ring substituents is 1. The Morgan fingerprint density at radius 1 is 1.44 bits per heavy atom. The molecule has 0 spiro atoms. The van der Waals surface area contributed by atoms with E-state index in [4.69, 9.17) is 11.6 Å². The van der Waals surface area contributed by atoms with Gasteiger partial charge in [-0.2, -0.15) is 0 Å². The normalized spacial score (nSPS) is 13.3. The van der Waals surface area contributed by atoms with Crippen molar-refractivity contribution in [2.24, 2.45) is 0 Å². The highest BCUT2D eigenvalue weighted by molar-refractivity contribution is 7.92. The van der Waals surface area contributed by atoms with E-state index in [1.54, 1.807) is 13.8 Å². The summed E-state index contributed by atoms with van der Waals surface area (Å²) in [4.78, 5) is 10.2. The van der Waals surface area contributed by atoms with Crippen molar-refractivity contribution in [3.05, 3.63) is 33.9 Å². The summed E-state index contributed by atoms with van der Waals surface area (Å²) in [6, 6.07) is 3.75. The van der Waals surface area contributed by atoms with Crippen LogP contribution >= 0.6 is 11.6 Å². The molecule has 0 saturated heterocycles. The van der Waals surface area contributed by atoms with Gasteiger partial charge in [-0.25, -0.2) is 8.42 Å². The fraction of sp³-hybridized carbons (Fsp3) is 0.455. The lowest BCUT2D eigenvalue weighted by Gasteiger charge is -2.13. The van der Waals surface area contributed by atoms with E-state index >= 15 is 0 Å². The van der Waals surface area contributed by atoms with Gasteiger partial charge in [0, 0.05) is 18.0 Å². The molecule has 0 heterocycles. The smallest absolute Gasteiger partial charge is 0.258 e. The summed E-state index contributed by atoms with van der Waals surface area (Å²) >= 11 is 5.54. The monoisotopic (exact) mass is 291 g/mol. The van der Waals surface area contributed by atoms with E-state index < -0.39 is 20.0 Å². The maximum atomic E-state index is 12.2. The van der Waals surface area contributed by atoms with E-state index in [1.807, 2.05) is 0 Å². The zero-order chi connectivity index (χ0) is 13.9. The molecule has 0 aromatic heterocycles. The molecule has 0 fully saturated rings. The number of nitrogens with zero attached hydrogens (tertiary/aromatic N) is 1. The van der Waals surface area contributed by atoms with Crippen molar-refractivity contribution in [3.63, 3.8) is 0 Å². The highest BCUT2D eigenvalue weighted by Gasteiger charge is 2.25. The molecule has 0 aliphatic heterocycles. The summed E-state index contributed by atoms with van der Waals surface area (Å²) in [5, 5.41) is 9.99. The van der Waals surface area contributed by atoms with Crippen LogP contribution in [-0.2, 0) is 9.84 Å². The van der Waals surface area contributed by atoms with Crippen LogP contribution in [0.25, 0.3) is 0 Å². The quantitative estimate of drug-likeness (QED) is 0.475. The Bertz CT molecular complexity index is 556. The van der Waals surface area contributed by atoms with Crippen molar-refractivity contribution < 1.29 is 13.3 Å². The Labute approximate surface area is 111 Å². The minimum absolute atomic E-state index is 0.114. The van der Waals surface area contributed by atoms with Crippen molar-refractivity contribution >= 4 is 27.1 Å². The van der Waals surface area contributed by atoms with Crippen LogP contribution in [0.3, 0.4) is 0 Å². The maximum Gasteiger partial charge on any atom is 0.269 e. The highest BCUT2D eigenvalue weighted by atomic mass is 35.5. The summed E-state index contributed by atoms with van der Waals surface area (Å²) in [6.45, 7) is 3.13. The van der Waals surface area contributed by atoms with Crippen molar-refractivity contribution in [2.75, 3.05) is 5.88 Å². The Morgan fingerprint density at radius 2 is 2.06 bits per heavy atom. The third kappa shape index (κ3) is 3.00. The SMILES string of the molecule is Cc1cc([N+](=O)[O-])ccc1S(=O)(=O)C(C)CCCl. The number of rotatable bonds is 5. The van der Waals surface area contributed by atoms with Crippen molar-refractivity contribution in [2.45, 2.75) is 30.4 Å². The lowest BCUT2D eigenvalue weighted by Crippen LogP contribution is -2.19. The van der Waals surface area contributed by atoms with Crippen LogP contribution in [0.2, 0.25) is 0 Å². The third-order valence-corrected chi connectivity index (χ3v) is 5.31. The predicted molar refractivity (Wildman–Crippen MR) is 69.8 cm³/mol. The van der Waals surface area contributed by atoms with Gasteiger partial charge >= 0.3 is 0 Å². The minimum atomic E-state index is -3.48. The van der Waals surface area contributed by atoms with Gasteiger partial charge in [0.05, 0.1) is 15.1 Å². The summed E-state index contributed by atoms with van der Waals surface area (Å²) in [7, 11) is -3.48. The number of sulfone groups is 1. The molecule has 0 aliphatic rings. The molecular formula is C11H14ClNO4S. The van der Waals surface area contributed by atoms with E-state index in [1.165, 1.54) is 18.2 Å². The topological polar surface area (TPSA) is 77.3 Å². The van der Waals surface area contributed by atoms with Gasteiger partial charge in [0.1, 0.15) is 0 Å². The van der Waals surface area contributed by atoms with Gasteiger partial charge in [0.2, 0.25) is 0 Å². The molecule has 1 aromatic carbocycles. The lowest BCUT2D eigenvalue weighted by atomic mass is 10.2. The standard InChI is InChI=1S/C11H14ClNO4S/c1-8-7-10(13(14)15)3-4-11(8)18(16,17)9(2)5-6-12/h3-4,7,9H,5-6H2,1-2H3. The number of non-ortho nitro benzene ring substituents is 1. The average Bonchev–Trinajstić information content (AvgIpc) is 2.28. The third-order valence-electron chi connectivity index (χ3n) is 2.72. The molecule has 5 nitrogen and oxygen atoms in total. The molecule has 0 radical (unpaired) electrons. The van der Waals surface area contributed by atoms with Gasteiger partial charge in [0.15, 0.2) is 9.84 Å². The highest BCUT2D eigenvalue weighted by Crippen LogP contribution is 2.25. The van der Waals surface area contributed by atoms with Crippen LogP contribution in [0, 0.1) is 17.0 Å². The molecule has 1 rings (SSSR count). The first kappa shape index (κ1) is 14.9. The Hall–Kier alpha value is -1.14. The predicted octanol–water partition coefficient (Wildman–Crippen LogP) is 2.69. The summed E-state index contributed by atoms with van der Waals surface area (Å²) in [5.74, 6) is 0.256. The van der Waals surface area contributed by atoms with Crippen LogP contribution in [-0.4, -0.2) is 24.5 Å². The summed E-state index contributed by atoms with van der Waals surface area (Å²) in [5.41, 5.74) is 0.266. The van der Waals surface area contributed by atoms with Gasteiger partial charge in [-0.3, -0.25) is 10.1 Å². The molecule has 7 heteroatoms. The molecule has 0 aliphatic carbocycles. The second-order valence-corrected chi connectivity index (χ2v) is 6.75. The van der Waals surface area contributed by atoms with Gasteiger partial charge in [-0.15, -0.1) is 11.6 Å². The molecule has 0 bridgehead atoms. The number of hydrogen-bond donors (Lipinski definition) is 0. The molecule has 18 heavy (non-hydrogen) atoms. The van der Waals surface area contributed by atoms with Crippen molar-refractivity contribution in [1.29, 1.82) is 0 Å². The molecule has 1 aromatic rings. The Morgan fingerprint density at radius 3 is 2.50 bits per heavy atom. The van der Waals surface area contributed by atoms with E-state index in [9.17, 15) is 18.5 Å². The summed E-state index contributed by atoms with van der Waals surface area (Å²) in [6.07, 6.45) is 0.348. The van der Waals surface area contributed by atoms with Crippen LogP contribution in [0.5, 0.6) is 0 Å². The van der Waals surface area contributed by atoms with Crippen LogP contribution in [0.1, 0.15) is 18.9 Å². The molecule has 0 N–H and O–H groups in total. The first-order chi connectivity index (χ1) is 8.30. The molecule has 1 atom stereocenters. The molecule has 0 amide bonds. The van der Waals surface area contributed by atoms with E-state index in [0.29, 0.717) is 12.0 Å². The van der Waals surface area contributed by atoms with E-state index in [0.717, 1.165) is 0 Å². The number of alkyl halides is 1. The van der Waals surface area contributed by atoms with Gasteiger partial charge in [-0.05, 0) is 31.9 Å². The zero-order valence-corrected chi connectivity index (χ0v) is 11.7. The fourth-order valence-electron chi connectivity index (χ4n) is 1.59. The van der Waals surface area contributed by atoms with Crippen molar-refractivity contribution in [1.82, 2.24) is 0 Å².